The molecule has 1 saturated heterocycles. The van der Waals surface area contributed by atoms with Crippen LogP contribution in [0.3, 0.4) is 0 Å². The van der Waals surface area contributed by atoms with Crippen molar-refractivity contribution in [3.8, 4) is 0 Å². The molecule has 0 aliphatic carbocycles. The Kier molecular flexibility index (Phi) is 8.58. The fraction of sp³-hybridized carbons (Fsp3) is 0.429. The summed E-state index contributed by atoms with van der Waals surface area (Å²) < 4.78 is 5.19. The number of nitrogens with two attached hydrogens (primary N) is 1. The Morgan fingerprint density at radius 3 is 2.70 bits per heavy atom. The number of aromatic nitrogens is 1. The minimum Gasteiger partial charge on any atom is -0.478 e. The number of alkyl carbamates (subject to hydrolysis) is 1. The van der Waals surface area contributed by atoms with Crippen molar-refractivity contribution in [1.82, 2.24) is 21.1 Å². The van der Waals surface area contributed by atoms with Crippen LogP contribution in [0.2, 0.25) is 0 Å². The van der Waals surface area contributed by atoms with Crippen molar-refractivity contribution in [2.24, 2.45) is 0 Å². The molecule has 1 aromatic heterocycles. The smallest absolute Gasteiger partial charge is 0.409 e. The van der Waals surface area contributed by atoms with E-state index in [9.17, 15) is 19.5 Å². The molecule has 12 heteroatoms. The summed E-state index contributed by atoms with van der Waals surface area (Å²) in [5.74, 6) is -2.05. The Hall–Kier alpha value is -3.22. The molecule has 1 aliphatic heterocycles. The van der Waals surface area contributed by atoms with E-state index in [1.165, 1.54) is 11.3 Å². The second-order valence-corrected chi connectivity index (χ2v) is 8.45. The van der Waals surface area contributed by atoms with Gasteiger partial charge in [-0.15, -0.1) is 11.3 Å². The maximum absolute atomic E-state index is 12.6. The lowest BCUT2D eigenvalue weighted by Crippen LogP contribution is -2.66. The lowest BCUT2D eigenvalue weighted by atomic mass is 10.00. The molecule has 3 rings (SSSR count). The predicted molar refractivity (Wildman–Crippen MR) is 120 cm³/mol. The largest absolute Gasteiger partial charge is 0.478 e. The van der Waals surface area contributed by atoms with Crippen LogP contribution in [0.15, 0.2) is 35.7 Å². The number of amides is 2. The van der Waals surface area contributed by atoms with Gasteiger partial charge in [0.1, 0.15) is 6.61 Å². The van der Waals surface area contributed by atoms with Crippen LogP contribution in [-0.4, -0.2) is 46.4 Å². The van der Waals surface area contributed by atoms with Crippen molar-refractivity contribution in [3.05, 3.63) is 47.0 Å². The zero-order valence-electron chi connectivity index (χ0n) is 17.9. The van der Waals surface area contributed by atoms with Gasteiger partial charge in [-0.1, -0.05) is 30.3 Å². The van der Waals surface area contributed by atoms with Crippen LogP contribution in [0.1, 0.15) is 36.9 Å². The average Bonchev–Trinajstić information content (AvgIpc) is 3.48. The minimum absolute atomic E-state index is 0.0444. The second-order valence-electron chi connectivity index (χ2n) is 7.56. The number of hydrogen-bond acceptors (Lipinski definition) is 9. The zero-order valence-corrected chi connectivity index (χ0v) is 18.7. The molecule has 1 fully saturated rings. The molecule has 1 aromatic carbocycles. The van der Waals surface area contributed by atoms with Gasteiger partial charge in [-0.2, -0.15) is 0 Å². The number of nitrogen functional groups attached to an aromatic ring is 1. The maximum atomic E-state index is 12.6. The number of nitrogens with zero attached hydrogens (tertiary/aromatic N) is 1. The fourth-order valence-corrected chi connectivity index (χ4v) is 3.92. The highest BCUT2D eigenvalue weighted by atomic mass is 32.1. The van der Waals surface area contributed by atoms with Crippen LogP contribution in [-0.2, 0) is 32.2 Å². The van der Waals surface area contributed by atoms with Crippen molar-refractivity contribution in [1.29, 1.82) is 0 Å². The Labute approximate surface area is 194 Å². The van der Waals surface area contributed by atoms with E-state index < -0.39 is 29.7 Å². The molecule has 0 bridgehead atoms. The first-order valence-corrected chi connectivity index (χ1v) is 11.4. The summed E-state index contributed by atoms with van der Waals surface area (Å²) in [5.41, 5.74) is 7.71. The summed E-state index contributed by atoms with van der Waals surface area (Å²) in [6.07, 6.45) is 0.0525. The number of ether oxygens (including phenoxy) is 1. The molecule has 0 radical (unpaired) electrons. The number of carboxylic acid groups (broad SMARTS) is 1. The fourth-order valence-electron chi connectivity index (χ4n) is 3.32. The Bertz CT molecular complexity index is 950. The van der Waals surface area contributed by atoms with Gasteiger partial charge >= 0.3 is 12.1 Å². The molecule has 6 N–H and O–H groups in total. The molecule has 11 nitrogen and oxygen atoms in total. The number of carbonyl (C=O) groups excluding carboxylic acids is 2. The number of aliphatic carboxylic acids is 1. The van der Waals surface area contributed by atoms with Crippen molar-refractivity contribution >= 4 is 34.4 Å². The van der Waals surface area contributed by atoms with E-state index in [-0.39, 0.29) is 13.0 Å². The van der Waals surface area contributed by atoms with E-state index in [0.29, 0.717) is 37.4 Å². The zero-order chi connectivity index (χ0) is 23.7. The molecule has 0 spiro atoms. The highest BCUT2D eigenvalue weighted by Crippen LogP contribution is 2.18. The molecule has 1 aliphatic rings. The van der Waals surface area contributed by atoms with Gasteiger partial charge in [0.05, 0.1) is 5.69 Å². The Morgan fingerprint density at radius 1 is 1.27 bits per heavy atom. The number of unbranched alkanes of at least 4 members (excludes halogenated alkanes) is 1. The van der Waals surface area contributed by atoms with Crippen molar-refractivity contribution in [2.75, 3.05) is 12.3 Å². The monoisotopic (exact) mass is 477 g/mol. The van der Waals surface area contributed by atoms with Crippen LogP contribution in [0, 0.1) is 0 Å². The topological polar surface area (TPSA) is 165 Å². The van der Waals surface area contributed by atoms with Gasteiger partial charge < -0.3 is 20.9 Å². The first-order chi connectivity index (χ1) is 15.9. The van der Waals surface area contributed by atoms with Crippen LogP contribution < -0.4 is 21.8 Å². The summed E-state index contributed by atoms with van der Waals surface area (Å²) in [5, 5.41) is 17.1. The van der Waals surface area contributed by atoms with Gasteiger partial charge in [0, 0.05) is 18.3 Å². The summed E-state index contributed by atoms with van der Waals surface area (Å²) in [4.78, 5) is 46.7. The highest BCUT2D eigenvalue weighted by molar-refractivity contribution is 7.13. The summed E-state index contributed by atoms with van der Waals surface area (Å²) in [6, 6.07) is 8.96. The van der Waals surface area contributed by atoms with Crippen LogP contribution in [0.4, 0.5) is 9.93 Å². The number of anilines is 1. The normalized spacial score (nSPS) is 17.2. The van der Waals surface area contributed by atoms with E-state index in [0.717, 1.165) is 11.3 Å². The molecule has 2 heterocycles. The number of aryl methyl sites for hydroxylation is 1. The van der Waals surface area contributed by atoms with Gasteiger partial charge in [-0.3, -0.25) is 14.9 Å². The summed E-state index contributed by atoms with van der Waals surface area (Å²) in [7, 11) is 0. The minimum atomic E-state index is -2.06. The first kappa shape index (κ1) is 24.4. The third-order valence-electron chi connectivity index (χ3n) is 5.06. The summed E-state index contributed by atoms with van der Waals surface area (Å²) >= 11 is 1.33. The number of hydrogen-bond donors (Lipinski definition) is 5. The average molecular weight is 478 g/mol. The number of thiazole rings is 1. The van der Waals surface area contributed by atoms with E-state index in [1.807, 2.05) is 11.4 Å². The van der Waals surface area contributed by atoms with Gasteiger partial charge in [0.15, 0.2) is 11.2 Å². The van der Waals surface area contributed by atoms with E-state index in [4.69, 9.17) is 15.3 Å². The third-order valence-corrected chi connectivity index (χ3v) is 5.78. The number of nitrogens with one attached hydrogen (secondary N) is 3. The molecule has 33 heavy (non-hydrogen) atoms. The molecule has 2 atom stereocenters. The number of carboxylic acids is 1. The number of benzene rings is 1. The molecule has 178 valence electrons. The van der Waals surface area contributed by atoms with E-state index in [1.54, 1.807) is 24.3 Å². The maximum Gasteiger partial charge on any atom is 0.409 e. The van der Waals surface area contributed by atoms with Crippen molar-refractivity contribution in [2.45, 2.75) is 50.5 Å². The van der Waals surface area contributed by atoms with Crippen molar-refractivity contribution in [3.63, 3.8) is 0 Å². The van der Waals surface area contributed by atoms with E-state index in [2.05, 4.69) is 21.1 Å². The van der Waals surface area contributed by atoms with Crippen molar-refractivity contribution < 1.29 is 29.1 Å². The standard InChI is InChI=1S/C21H27N5O6S/c22-19-24-15(13-33-19)8-4-5-10-21(18(28)29,25-17(27)16-9-11-23-32-16)26-20(30)31-12-14-6-2-1-3-7-14/h1-3,6-7,13,16,23H,4-5,8-12H2,(H2,22,24)(H,25,27)(H,26,30)(H,28,29). The lowest BCUT2D eigenvalue weighted by Gasteiger charge is -2.32. The second kappa shape index (κ2) is 11.6. The predicted octanol–water partition coefficient (Wildman–Crippen LogP) is 1.56. The molecule has 2 aromatic rings. The highest BCUT2D eigenvalue weighted by Gasteiger charge is 2.43. The first-order valence-electron chi connectivity index (χ1n) is 10.5. The molecular weight excluding hydrogens is 450 g/mol. The molecule has 0 saturated carbocycles. The third kappa shape index (κ3) is 7.14. The lowest BCUT2D eigenvalue weighted by molar-refractivity contribution is -0.152. The van der Waals surface area contributed by atoms with Gasteiger partial charge in [0.25, 0.3) is 5.91 Å². The quantitative estimate of drug-likeness (QED) is 0.238. The van der Waals surface area contributed by atoms with Gasteiger partial charge in [-0.25, -0.2) is 20.1 Å². The SMILES string of the molecule is Nc1nc(CCCCC(NC(=O)OCc2ccccc2)(NC(=O)C2CCNO2)C(=O)O)cs1. The van der Waals surface area contributed by atoms with Gasteiger partial charge in [0.2, 0.25) is 5.66 Å². The molecule has 2 amide bonds. The summed E-state index contributed by atoms with van der Waals surface area (Å²) in [6.45, 7) is 0.415. The van der Waals surface area contributed by atoms with Crippen LogP contribution in [0.25, 0.3) is 0 Å². The van der Waals surface area contributed by atoms with Gasteiger partial charge in [-0.05, 0) is 31.2 Å². The Balaban J connectivity index is 1.65. The van der Waals surface area contributed by atoms with E-state index >= 15 is 0 Å². The number of rotatable bonds is 11. The Morgan fingerprint density at radius 2 is 2.06 bits per heavy atom. The molecule has 2 unspecified atom stereocenters. The number of hydroxylamine groups is 1. The van der Waals surface area contributed by atoms with Crippen LogP contribution in [0.5, 0.6) is 0 Å². The number of carbonyl (C=O) groups is 3. The van der Waals surface area contributed by atoms with Crippen LogP contribution >= 0.6 is 11.3 Å². The molecular formula is C21H27N5O6S.